The summed E-state index contributed by atoms with van der Waals surface area (Å²) in [5.74, 6) is -0.656. The smallest absolute Gasteiger partial charge is 0.260 e. The Bertz CT molecular complexity index is 1120. The second kappa shape index (κ2) is 7.62. The third-order valence-electron chi connectivity index (χ3n) is 4.52. The minimum Gasteiger partial charge on any atom is -0.260 e. The molecule has 154 valence electrons. The maximum absolute atomic E-state index is 13.8. The highest BCUT2D eigenvalue weighted by Crippen LogP contribution is 2.42. The molecule has 0 aliphatic rings. The molecule has 0 saturated heterocycles. The Morgan fingerprint density at radius 2 is 1.48 bits per heavy atom. The van der Waals surface area contributed by atoms with Gasteiger partial charge in [0.15, 0.2) is 15.5 Å². The van der Waals surface area contributed by atoms with Crippen molar-refractivity contribution in [2.45, 2.75) is 31.5 Å². The molecule has 3 aromatic rings. The van der Waals surface area contributed by atoms with Crippen LogP contribution in [0.4, 0.5) is 17.6 Å². The van der Waals surface area contributed by atoms with Gasteiger partial charge in [0.25, 0.3) is 0 Å². The third-order valence-corrected chi connectivity index (χ3v) is 6.27. The highest BCUT2D eigenvalue weighted by atomic mass is 32.2. The van der Waals surface area contributed by atoms with Gasteiger partial charge in [0.05, 0.1) is 10.6 Å². The molecular formula is C20H18F4N2O2S. The molecule has 0 amide bonds. The van der Waals surface area contributed by atoms with Gasteiger partial charge in [0, 0.05) is 17.7 Å². The Hall–Kier alpha value is -2.68. The van der Waals surface area contributed by atoms with Crippen LogP contribution in [-0.2, 0) is 22.6 Å². The van der Waals surface area contributed by atoms with Gasteiger partial charge in [-0.1, -0.05) is 31.2 Å². The lowest BCUT2D eigenvalue weighted by Gasteiger charge is -2.12. The van der Waals surface area contributed by atoms with Crippen molar-refractivity contribution in [3.63, 3.8) is 0 Å². The maximum atomic E-state index is 13.8. The van der Waals surface area contributed by atoms with Crippen molar-refractivity contribution in [3.8, 4) is 22.4 Å². The fraction of sp³-hybridized carbons (Fsp3) is 0.250. The Morgan fingerprint density at radius 1 is 0.931 bits per heavy atom. The van der Waals surface area contributed by atoms with Crippen molar-refractivity contribution >= 4 is 9.84 Å². The molecule has 0 aliphatic heterocycles. The molecule has 29 heavy (non-hydrogen) atoms. The quantitative estimate of drug-likeness (QED) is 0.528. The zero-order chi connectivity index (χ0) is 21.4. The second-order valence-electron chi connectivity index (χ2n) is 6.32. The summed E-state index contributed by atoms with van der Waals surface area (Å²) in [6.07, 6.45) is -4.68. The van der Waals surface area contributed by atoms with Crippen LogP contribution in [0.5, 0.6) is 0 Å². The highest BCUT2D eigenvalue weighted by Gasteiger charge is 2.40. The average molecular weight is 426 g/mol. The van der Waals surface area contributed by atoms with Crippen LogP contribution >= 0.6 is 0 Å². The minimum absolute atomic E-state index is 0.0225. The number of halogens is 4. The van der Waals surface area contributed by atoms with Gasteiger partial charge in [0.2, 0.25) is 0 Å². The van der Waals surface area contributed by atoms with Gasteiger partial charge < -0.3 is 0 Å². The number of aromatic nitrogens is 2. The molecule has 0 N–H and O–H groups in total. The van der Waals surface area contributed by atoms with E-state index in [-0.39, 0.29) is 34.0 Å². The van der Waals surface area contributed by atoms with Gasteiger partial charge in [-0.15, -0.1) is 0 Å². The lowest BCUT2D eigenvalue weighted by Crippen LogP contribution is -2.14. The molecule has 0 atom stereocenters. The first-order valence-electron chi connectivity index (χ1n) is 8.85. The van der Waals surface area contributed by atoms with Crippen LogP contribution < -0.4 is 0 Å². The van der Waals surface area contributed by atoms with Crippen molar-refractivity contribution in [2.75, 3.05) is 5.75 Å². The SMILES string of the molecule is CCn1nc(-c2ccc(S(=O)(=O)CC)cc2)c(-c2ccc(F)cc2)c1C(F)(F)F. The van der Waals surface area contributed by atoms with E-state index in [0.29, 0.717) is 5.56 Å². The number of hydrogen-bond acceptors (Lipinski definition) is 3. The largest absolute Gasteiger partial charge is 0.433 e. The first-order chi connectivity index (χ1) is 13.6. The van der Waals surface area contributed by atoms with Crippen LogP contribution in [-0.4, -0.2) is 24.0 Å². The van der Waals surface area contributed by atoms with Gasteiger partial charge in [-0.2, -0.15) is 18.3 Å². The monoisotopic (exact) mass is 426 g/mol. The third kappa shape index (κ3) is 4.05. The predicted octanol–water partition coefficient (Wildman–Crippen LogP) is 5.19. The molecule has 3 rings (SSSR count). The van der Waals surface area contributed by atoms with Crippen molar-refractivity contribution in [3.05, 3.63) is 60.0 Å². The molecule has 0 spiro atoms. The Morgan fingerprint density at radius 3 is 1.97 bits per heavy atom. The van der Waals surface area contributed by atoms with E-state index in [1.54, 1.807) is 0 Å². The minimum atomic E-state index is -4.68. The zero-order valence-electron chi connectivity index (χ0n) is 15.7. The Balaban J connectivity index is 2.26. The summed E-state index contributed by atoms with van der Waals surface area (Å²) in [7, 11) is -3.44. The molecule has 2 aromatic carbocycles. The summed E-state index contributed by atoms with van der Waals surface area (Å²) in [4.78, 5) is 0.0815. The van der Waals surface area contributed by atoms with Gasteiger partial charge in [-0.05, 0) is 36.8 Å². The summed E-state index contributed by atoms with van der Waals surface area (Å²) in [6.45, 7) is 3.02. The molecule has 0 saturated carbocycles. The van der Waals surface area contributed by atoms with Crippen LogP contribution in [0.15, 0.2) is 53.4 Å². The van der Waals surface area contributed by atoms with Gasteiger partial charge in [-0.25, -0.2) is 12.8 Å². The summed E-state index contributed by atoms with van der Waals surface area (Å²) < 4.78 is 79.7. The first-order valence-corrected chi connectivity index (χ1v) is 10.5. The number of hydrogen-bond donors (Lipinski definition) is 0. The van der Waals surface area contributed by atoms with Crippen molar-refractivity contribution in [1.29, 1.82) is 0 Å². The molecule has 4 nitrogen and oxygen atoms in total. The standard InChI is InChI=1S/C20H18F4N2O2S/c1-3-26-19(20(22,23)24)17(13-5-9-15(21)10-6-13)18(25-26)14-7-11-16(12-8-14)29(27,28)4-2/h5-12H,3-4H2,1-2H3. The molecule has 9 heteroatoms. The number of rotatable bonds is 5. The van der Waals surface area contributed by atoms with Crippen LogP contribution in [0.25, 0.3) is 22.4 Å². The van der Waals surface area contributed by atoms with Crippen molar-refractivity contribution < 1.29 is 26.0 Å². The summed E-state index contributed by atoms with van der Waals surface area (Å²) in [6, 6.07) is 10.2. The molecule has 0 bridgehead atoms. The van der Waals surface area contributed by atoms with E-state index >= 15 is 0 Å². The van der Waals surface area contributed by atoms with E-state index in [1.807, 2.05) is 0 Å². The topological polar surface area (TPSA) is 52.0 Å². The average Bonchev–Trinajstić information content (AvgIpc) is 3.09. The van der Waals surface area contributed by atoms with Crippen molar-refractivity contribution in [2.24, 2.45) is 0 Å². The predicted molar refractivity (Wildman–Crippen MR) is 101 cm³/mol. The summed E-state index contributed by atoms with van der Waals surface area (Å²) in [5, 5.41) is 4.13. The van der Waals surface area contributed by atoms with Gasteiger partial charge in [0.1, 0.15) is 11.5 Å². The van der Waals surface area contributed by atoms with E-state index in [0.717, 1.165) is 16.8 Å². The molecule has 1 heterocycles. The number of benzene rings is 2. The van der Waals surface area contributed by atoms with Crippen LogP contribution in [0.2, 0.25) is 0 Å². The van der Waals surface area contributed by atoms with E-state index in [2.05, 4.69) is 5.10 Å². The van der Waals surface area contributed by atoms with Crippen molar-refractivity contribution in [1.82, 2.24) is 9.78 Å². The molecule has 0 unspecified atom stereocenters. The summed E-state index contributed by atoms with van der Waals surface area (Å²) in [5.41, 5.74) is -0.570. The Kier molecular flexibility index (Phi) is 5.53. The van der Waals surface area contributed by atoms with Crippen LogP contribution in [0, 0.1) is 5.82 Å². The number of nitrogens with zero attached hydrogens (tertiary/aromatic N) is 2. The fourth-order valence-corrected chi connectivity index (χ4v) is 3.94. The van der Waals surface area contributed by atoms with Crippen LogP contribution in [0.1, 0.15) is 19.5 Å². The van der Waals surface area contributed by atoms with E-state index in [4.69, 9.17) is 0 Å². The zero-order valence-corrected chi connectivity index (χ0v) is 16.5. The molecule has 0 radical (unpaired) electrons. The Labute approximate surface area is 165 Å². The van der Waals surface area contributed by atoms with Gasteiger partial charge >= 0.3 is 6.18 Å². The number of sulfone groups is 1. The maximum Gasteiger partial charge on any atom is 0.433 e. The van der Waals surface area contributed by atoms with E-state index in [9.17, 15) is 26.0 Å². The molecular weight excluding hydrogens is 408 g/mol. The first kappa shape index (κ1) is 21.0. The number of aryl methyl sites for hydroxylation is 1. The molecule has 1 aromatic heterocycles. The normalized spacial score (nSPS) is 12.3. The molecule has 0 aliphatic carbocycles. The van der Waals surface area contributed by atoms with E-state index < -0.39 is 27.5 Å². The molecule has 0 fully saturated rings. The lowest BCUT2D eigenvalue weighted by atomic mass is 9.98. The number of alkyl halides is 3. The second-order valence-corrected chi connectivity index (χ2v) is 8.60. The highest BCUT2D eigenvalue weighted by molar-refractivity contribution is 7.91. The van der Waals surface area contributed by atoms with Gasteiger partial charge in [-0.3, -0.25) is 4.68 Å². The fourth-order valence-electron chi connectivity index (χ4n) is 3.06. The van der Waals surface area contributed by atoms with E-state index in [1.165, 1.54) is 50.2 Å². The summed E-state index contributed by atoms with van der Waals surface area (Å²) >= 11 is 0. The lowest BCUT2D eigenvalue weighted by molar-refractivity contribution is -0.143. The van der Waals surface area contributed by atoms with Crippen LogP contribution in [0.3, 0.4) is 0 Å².